The molecular formula is H22O11P4. The molecule has 4 aromatic heterocycles. The maximum absolute atomic E-state index is 1.07. The molecule has 0 saturated carbocycles. The fraction of sp³-hybridized carbons (Fsp3) is 0. The molecule has 0 aliphatic carbocycles. The van der Waals surface area contributed by atoms with Gasteiger partial charge >= 0.3 is 0 Å². The molecule has 0 fully saturated rings. The first-order chi connectivity index (χ1) is 2.00. The van der Waals surface area contributed by atoms with E-state index in [1.54, 1.807) is 0 Å². The zero-order valence-corrected chi connectivity index (χ0v) is 10.9. The number of hydrogen-bond donors (Lipinski definition) is 0. The van der Waals surface area contributed by atoms with Crippen LogP contribution in [0.1, 0.15) is 0 Å². The van der Waals surface area contributed by atoms with Crippen LogP contribution in [0, 0.1) is 0 Å². The Bertz CT molecular complexity index is 166. The van der Waals surface area contributed by atoms with Crippen LogP contribution >= 0.6 is 25.5 Å². The normalized spacial score (nSPS) is 9.60. The van der Waals surface area contributed by atoms with Crippen molar-refractivity contribution in [2.24, 2.45) is 0 Å². The largest absolute Gasteiger partial charge is 0.412 e. The van der Waals surface area contributed by atoms with Crippen LogP contribution < -0.4 is 0 Å². The van der Waals surface area contributed by atoms with Gasteiger partial charge in [-0.15, -0.1) is 0 Å². The summed E-state index contributed by atoms with van der Waals surface area (Å²) in [7, 11) is 0. The van der Waals surface area contributed by atoms with Gasteiger partial charge in [-0.1, -0.05) is 0 Å². The van der Waals surface area contributed by atoms with Crippen LogP contribution in [0.5, 0.6) is 0 Å². The molecule has 4 aromatic rings. The summed E-state index contributed by atoms with van der Waals surface area (Å²) in [6.07, 6.45) is 4.30. The molecule has 0 amide bonds. The molecule has 15 heavy (non-hydrogen) atoms. The fourth-order valence-electron chi connectivity index (χ4n) is 0.335. The van der Waals surface area contributed by atoms with Gasteiger partial charge in [0.2, 0.25) is 0 Å². The van der Waals surface area contributed by atoms with Crippen LogP contribution in [0.4, 0.5) is 0 Å². The first kappa shape index (κ1) is 75.1. The second-order valence-electron chi connectivity index (χ2n) is 1.07. The Balaban J connectivity index is -0.00000000468. The highest BCUT2D eigenvalue weighted by molar-refractivity contribution is 9.37. The van der Waals surface area contributed by atoms with Crippen molar-refractivity contribution in [2.75, 3.05) is 0 Å². The van der Waals surface area contributed by atoms with E-state index in [2.05, 4.69) is 0 Å². The van der Waals surface area contributed by atoms with Crippen LogP contribution in [0.2, 0.25) is 0 Å². The Labute approximate surface area is 86.5 Å². The van der Waals surface area contributed by atoms with E-state index in [-0.39, 0.29) is 60.2 Å². The van der Waals surface area contributed by atoms with Crippen LogP contribution in [-0.2, 0) is 0 Å². The summed E-state index contributed by atoms with van der Waals surface area (Å²) in [5, 5.41) is 0. The van der Waals surface area contributed by atoms with Crippen molar-refractivity contribution in [1.29, 1.82) is 0 Å². The van der Waals surface area contributed by atoms with Crippen LogP contribution in [0.25, 0.3) is 0 Å². The molecule has 4 heterocycles. The van der Waals surface area contributed by atoms with Gasteiger partial charge in [-0.2, -0.15) is 0 Å². The first-order valence-corrected chi connectivity index (χ1v) is 10.8. The highest BCUT2D eigenvalue weighted by Gasteiger charge is 2.45. The summed E-state index contributed by atoms with van der Waals surface area (Å²) in [6, 6.07) is 0. The Morgan fingerprint density at radius 3 is 0.267 bits per heavy atom. The summed E-state index contributed by atoms with van der Waals surface area (Å²) in [4.78, 5) is 0. The van der Waals surface area contributed by atoms with E-state index in [1.165, 1.54) is 0 Å². The van der Waals surface area contributed by atoms with Crippen LogP contribution in [-0.4, -0.2) is 60.2 Å². The average Bonchev–Trinajstić information content (AvgIpc) is 1.71. The van der Waals surface area contributed by atoms with E-state index in [1.807, 2.05) is 0 Å². The van der Waals surface area contributed by atoms with Crippen molar-refractivity contribution in [2.45, 2.75) is 0 Å². The molecule has 0 aliphatic rings. The van der Waals surface area contributed by atoms with E-state index >= 15 is 0 Å². The first-order valence-electron chi connectivity index (χ1n) is 1.20. The van der Waals surface area contributed by atoms with E-state index in [4.69, 9.17) is 0 Å². The zero-order valence-electron chi connectivity index (χ0n) is 7.29. The SMILES string of the molecule is O.O.O.O.O.O.O.O.O.O.O.p12p3p1p23. The van der Waals surface area contributed by atoms with Gasteiger partial charge < -0.3 is 60.2 Å². The zero-order chi connectivity index (χ0) is 2.31. The third-order valence-electron chi connectivity index (χ3n) is 0.838. The quantitative estimate of drug-likeness (QED) is 0.373. The lowest BCUT2D eigenvalue weighted by Crippen LogP contribution is -0.290. The maximum atomic E-state index is 1.07. The lowest BCUT2D eigenvalue weighted by molar-refractivity contribution is 0.823. The van der Waals surface area contributed by atoms with E-state index in [0.29, 0.717) is 0 Å². The molecular weight excluding hydrogens is 300 g/mol. The third kappa shape index (κ3) is 8.56. The molecule has 0 atom stereocenters. The van der Waals surface area contributed by atoms with Crippen molar-refractivity contribution in [1.82, 2.24) is 0 Å². The van der Waals surface area contributed by atoms with E-state index < -0.39 is 0 Å². The molecule has 4 rings (SSSR count). The molecule has 22 N–H and O–H groups in total. The van der Waals surface area contributed by atoms with Crippen LogP contribution in [0.15, 0.2) is 0 Å². The lowest BCUT2D eigenvalue weighted by atomic mass is 16.0. The molecule has 0 unspecified atom stereocenters. The topological polar surface area (TPSA) is 346 Å². The predicted octanol–water partition coefficient (Wildman–Crippen LogP) is -5.63. The van der Waals surface area contributed by atoms with Gasteiger partial charge in [0.1, 0.15) is 0 Å². The highest BCUT2D eigenvalue weighted by Crippen LogP contribution is 3.31. The minimum absolute atomic E-state index is 0. The van der Waals surface area contributed by atoms with Gasteiger partial charge in [0.25, 0.3) is 0 Å². The minimum Gasteiger partial charge on any atom is -0.412 e. The maximum Gasteiger partial charge on any atom is 0 e. The van der Waals surface area contributed by atoms with Gasteiger partial charge in [0.15, 0.2) is 0 Å². The summed E-state index contributed by atoms with van der Waals surface area (Å²) >= 11 is 0. The van der Waals surface area contributed by atoms with Gasteiger partial charge in [-0.3, -0.25) is 0 Å². The van der Waals surface area contributed by atoms with Crippen molar-refractivity contribution in [3.05, 3.63) is 0 Å². The molecule has 0 bridgehead atoms. The Morgan fingerprint density at radius 2 is 0.267 bits per heavy atom. The molecule has 0 spiro atoms. The second-order valence-corrected chi connectivity index (χ2v) is 29.0. The van der Waals surface area contributed by atoms with Gasteiger partial charge in [-0.05, 0) is 0 Å². The number of hydrogen-bond acceptors (Lipinski definition) is 0. The minimum atomic E-state index is 0. The monoisotopic (exact) mass is 322 g/mol. The standard InChI is InChI=1S/11H2O.P4/c;;;;;;;;;;;1-2-3(1)4(1)2/h11*1H2;. The van der Waals surface area contributed by atoms with Gasteiger partial charge in [-0.25, -0.2) is 0 Å². The summed E-state index contributed by atoms with van der Waals surface area (Å²) in [6.45, 7) is 0. The Morgan fingerprint density at radius 1 is 0.200 bits per heavy atom. The third-order valence-corrected chi connectivity index (χ3v) is 48.5. The van der Waals surface area contributed by atoms with E-state index in [0.717, 1.165) is 25.5 Å². The van der Waals surface area contributed by atoms with Crippen molar-refractivity contribution in [3.63, 3.8) is 0 Å². The predicted molar refractivity (Wildman–Crippen MR) is 67.4 cm³/mol. The Kier molecular flexibility index (Phi) is 86.0. The van der Waals surface area contributed by atoms with Gasteiger partial charge in [0.05, 0.1) is 0 Å². The smallest absolute Gasteiger partial charge is 0 e. The van der Waals surface area contributed by atoms with E-state index in [9.17, 15) is 0 Å². The fourth-order valence-corrected chi connectivity index (χ4v) is 61.9. The van der Waals surface area contributed by atoms with Crippen molar-refractivity contribution >= 4 is 25.5 Å². The lowest BCUT2D eigenvalue weighted by Gasteiger charge is -0.816. The number of rotatable bonds is 0. The molecule has 11 nitrogen and oxygen atoms in total. The summed E-state index contributed by atoms with van der Waals surface area (Å²) in [5.74, 6) is 0. The second kappa shape index (κ2) is 17.2. The molecule has 0 radical (unpaired) electrons. The molecule has 108 valence electrons. The van der Waals surface area contributed by atoms with Crippen molar-refractivity contribution in [3.8, 4) is 0 Å². The summed E-state index contributed by atoms with van der Waals surface area (Å²) in [5.41, 5.74) is 0. The Hall–Kier alpha value is 0.760. The van der Waals surface area contributed by atoms with Gasteiger partial charge in [0, 0.05) is 25.5 Å². The van der Waals surface area contributed by atoms with Crippen molar-refractivity contribution < 1.29 is 60.2 Å². The highest BCUT2D eigenvalue weighted by atomic mass is 33.4. The molecule has 0 saturated heterocycles. The van der Waals surface area contributed by atoms with Crippen LogP contribution in [0.3, 0.4) is 0 Å². The molecule has 0 aliphatic heterocycles. The average molecular weight is 322 g/mol. The molecule has 0 aromatic carbocycles. The summed E-state index contributed by atoms with van der Waals surface area (Å²) < 4.78 is 0. The molecule has 15 heteroatoms.